The maximum atomic E-state index is 11.4. The first-order chi connectivity index (χ1) is 7.17. The van der Waals surface area contributed by atoms with Crippen molar-refractivity contribution in [3.63, 3.8) is 0 Å². The van der Waals surface area contributed by atoms with Gasteiger partial charge in [-0.25, -0.2) is 4.79 Å². The summed E-state index contributed by atoms with van der Waals surface area (Å²) in [5.74, 6) is 0.567. The lowest BCUT2D eigenvalue weighted by Crippen LogP contribution is -2.38. The van der Waals surface area contributed by atoms with Crippen molar-refractivity contribution < 1.29 is 14.3 Å². The lowest BCUT2D eigenvalue weighted by molar-refractivity contribution is -0.158. The molecule has 0 N–H and O–H groups in total. The molecule has 0 fully saturated rings. The first-order valence-corrected chi connectivity index (χ1v) is 4.28. The molecule has 4 nitrogen and oxygen atoms in total. The zero-order valence-electron chi connectivity index (χ0n) is 8.44. The van der Waals surface area contributed by atoms with Crippen LogP contribution < -0.4 is 0 Å². The fourth-order valence-electron chi connectivity index (χ4n) is 0.811. The predicted molar refractivity (Wildman–Crippen MR) is 56.8 cm³/mol. The minimum Gasteiger partial charge on any atom is -0.454 e. The summed E-state index contributed by atoms with van der Waals surface area (Å²) in [4.78, 5) is 23.7. The fourth-order valence-corrected chi connectivity index (χ4v) is 0.811. The van der Waals surface area contributed by atoms with Gasteiger partial charge in [-0.3, -0.25) is 4.79 Å². The van der Waals surface area contributed by atoms with Gasteiger partial charge in [0.05, 0.1) is 6.54 Å². The van der Waals surface area contributed by atoms with Gasteiger partial charge in [-0.1, -0.05) is 24.7 Å². The van der Waals surface area contributed by atoms with E-state index in [-0.39, 0.29) is 19.7 Å². The molecule has 15 heavy (non-hydrogen) atoms. The Labute approximate surface area is 89.2 Å². The molecule has 0 aromatic carbocycles. The number of ether oxygens (including phenoxy) is 1. The first-order valence-electron chi connectivity index (χ1n) is 4.28. The van der Waals surface area contributed by atoms with E-state index in [2.05, 4.69) is 23.8 Å². The number of carbonyl (C=O) groups excluding carboxylic acids is 2. The minimum atomic E-state index is -0.938. The molecule has 1 amide bonds. The summed E-state index contributed by atoms with van der Waals surface area (Å²) in [5.41, 5.74) is 0. The van der Waals surface area contributed by atoms with Crippen molar-refractivity contribution in [3.05, 3.63) is 25.3 Å². The third-order valence-corrected chi connectivity index (χ3v) is 1.43. The van der Waals surface area contributed by atoms with Crippen LogP contribution in [0.2, 0.25) is 0 Å². The second kappa shape index (κ2) is 7.39. The summed E-state index contributed by atoms with van der Waals surface area (Å²) in [6.07, 6.45) is 7.91. The van der Waals surface area contributed by atoms with Crippen LogP contribution >= 0.6 is 0 Å². The van der Waals surface area contributed by atoms with Gasteiger partial charge < -0.3 is 9.64 Å². The normalized spacial score (nSPS) is 8.47. The second-order valence-corrected chi connectivity index (χ2v) is 2.57. The summed E-state index contributed by atoms with van der Waals surface area (Å²) in [6.45, 7) is 7.08. The smallest absolute Gasteiger partial charge is 0.397 e. The number of carbonyl (C=O) groups is 2. The van der Waals surface area contributed by atoms with E-state index in [1.165, 1.54) is 17.1 Å². The van der Waals surface area contributed by atoms with Crippen LogP contribution in [0.4, 0.5) is 0 Å². The molecule has 0 aliphatic heterocycles. The quantitative estimate of drug-likeness (QED) is 0.283. The molecule has 0 aliphatic carbocycles. The van der Waals surface area contributed by atoms with E-state index < -0.39 is 11.9 Å². The van der Waals surface area contributed by atoms with E-state index in [1.807, 2.05) is 0 Å². The van der Waals surface area contributed by atoms with E-state index in [1.54, 1.807) is 0 Å². The van der Waals surface area contributed by atoms with Crippen LogP contribution in [0.3, 0.4) is 0 Å². The molecule has 4 heteroatoms. The third kappa shape index (κ3) is 4.67. The standard InChI is InChI=1S/C11H13NO3/c1-4-7-12(8-5-2)10(13)11(14)15-9-6-3/h1,5-6H,2-3,7-9H2. The van der Waals surface area contributed by atoms with Crippen molar-refractivity contribution in [2.75, 3.05) is 19.7 Å². The Kier molecular flexibility index (Phi) is 6.39. The monoisotopic (exact) mass is 207 g/mol. The Bertz CT molecular complexity index is 301. The van der Waals surface area contributed by atoms with Crippen molar-refractivity contribution in [3.8, 4) is 12.3 Å². The Morgan fingerprint density at radius 2 is 2.07 bits per heavy atom. The maximum Gasteiger partial charge on any atom is 0.397 e. The van der Waals surface area contributed by atoms with Crippen molar-refractivity contribution in [2.24, 2.45) is 0 Å². The molecule has 0 spiro atoms. The van der Waals surface area contributed by atoms with E-state index in [0.717, 1.165) is 0 Å². The Morgan fingerprint density at radius 1 is 1.40 bits per heavy atom. The minimum absolute atomic E-state index is 0.00254. The Morgan fingerprint density at radius 3 is 2.53 bits per heavy atom. The average molecular weight is 207 g/mol. The topological polar surface area (TPSA) is 46.6 Å². The van der Waals surface area contributed by atoms with Gasteiger partial charge in [-0.15, -0.1) is 13.0 Å². The first kappa shape index (κ1) is 13.0. The fraction of sp³-hybridized carbons (Fsp3) is 0.273. The molecule has 80 valence electrons. The highest BCUT2D eigenvalue weighted by Crippen LogP contribution is 1.93. The maximum absolute atomic E-state index is 11.4. The SMILES string of the molecule is C#CCN(CC=C)C(=O)C(=O)OCC=C. The van der Waals surface area contributed by atoms with Crippen LogP contribution in [0.1, 0.15) is 0 Å². The third-order valence-electron chi connectivity index (χ3n) is 1.43. The number of nitrogens with zero attached hydrogens (tertiary/aromatic N) is 1. The van der Waals surface area contributed by atoms with Crippen LogP contribution in [0, 0.1) is 12.3 Å². The molecule has 0 saturated heterocycles. The summed E-state index contributed by atoms with van der Waals surface area (Å²) in [5, 5.41) is 0. The number of terminal acetylenes is 1. The number of hydrogen-bond donors (Lipinski definition) is 0. The zero-order valence-corrected chi connectivity index (χ0v) is 8.44. The molecule has 0 unspecified atom stereocenters. The predicted octanol–water partition coefficient (Wildman–Crippen LogP) is 0.363. The van der Waals surface area contributed by atoms with E-state index >= 15 is 0 Å². The summed E-state index contributed by atoms with van der Waals surface area (Å²) in [6, 6.07) is 0. The highest BCUT2D eigenvalue weighted by Gasteiger charge is 2.21. The largest absolute Gasteiger partial charge is 0.454 e. The van der Waals surface area contributed by atoms with E-state index in [9.17, 15) is 9.59 Å². The van der Waals surface area contributed by atoms with Gasteiger partial charge in [0.1, 0.15) is 6.61 Å². The van der Waals surface area contributed by atoms with Gasteiger partial charge in [0.25, 0.3) is 0 Å². The van der Waals surface area contributed by atoms with E-state index in [4.69, 9.17) is 6.42 Å². The molecular formula is C11H13NO3. The van der Waals surface area contributed by atoms with Gasteiger partial charge in [0.15, 0.2) is 0 Å². The van der Waals surface area contributed by atoms with Crippen molar-refractivity contribution in [2.45, 2.75) is 0 Å². The molecule has 0 rings (SSSR count). The molecule has 0 saturated carbocycles. The number of hydrogen-bond acceptors (Lipinski definition) is 3. The molecular weight excluding hydrogens is 194 g/mol. The van der Waals surface area contributed by atoms with Crippen LogP contribution in [-0.4, -0.2) is 36.5 Å². The summed E-state index contributed by atoms with van der Waals surface area (Å²) >= 11 is 0. The van der Waals surface area contributed by atoms with Crippen LogP contribution in [0.25, 0.3) is 0 Å². The van der Waals surface area contributed by atoms with Crippen LogP contribution in [0.15, 0.2) is 25.3 Å². The molecule has 0 aromatic heterocycles. The zero-order chi connectivity index (χ0) is 11.7. The van der Waals surface area contributed by atoms with Gasteiger partial charge in [0.2, 0.25) is 0 Å². The number of amides is 1. The summed E-state index contributed by atoms with van der Waals surface area (Å²) in [7, 11) is 0. The van der Waals surface area contributed by atoms with Crippen molar-refractivity contribution in [1.29, 1.82) is 0 Å². The molecule has 0 atom stereocenters. The highest BCUT2D eigenvalue weighted by molar-refractivity contribution is 6.32. The highest BCUT2D eigenvalue weighted by atomic mass is 16.5. The van der Waals surface area contributed by atoms with Gasteiger partial charge in [-0.2, -0.15) is 0 Å². The van der Waals surface area contributed by atoms with Crippen molar-refractivity contribution in [1.82, 2.24) is 4.90 Å². The Balaban J connectivity index is 4.35. The van der Waals surface area contributed by atoms with Gasteiger partial charge in [-0.05, 0) is 0 Å². The number of esters is 1. The van der Waals surface area contributed by atoms with Crippen LogP contribution in [0.5, 0.6) is 0 Å². The molecule has 0 aromatic rings. The molecule has 0 heterocycles. The molecule has 0 bridgehead atoms. The van der Waals surface area contributed by atoms with Gasteiger partial charge in [0, 0.05) is 6.54 Å². The van der Waals surface area contributed by atoms with E-state index in [0.29, 0.717) is 0 Å². The van der Waals surface area contributed by atoms with Crippen LogP contribution in [-0.2, 0) is 14.3 Å². The second-order valence-electron chi connectivity index (χ2n) is 2.57. The molecule has 0 radical (unpaired) electrons. The van der Waals surface area contributed by atoms with Crippen molar-refractivity contribution >= 4 is 11.9 Å². The average Bonchev–Trinajstić information content (AvgIpc) is 2.24. The lowest BCUT2D eigenvalue weighted by atomic mass is 10.4. The van der Waals surface area contributed by atoms with Gasteiger partial charge >= 0.3 is 11.9 Å². The molecule has 0 aliphatic rings. The lowest BCUT2D eigenvalue weighted by Gasteiger charge is -2.16. The number of rotatable bonds is 5. The Hall–Kier alpha value is -2.02. The summed E-state index contributed by atoms with van der Waals surface area (Å²) < 4.78 is 4.58.